The molecular formula is C19H14N4O2S2. The summed E-state index contributed by atoms with van der Waals surface area (Å²) >= 11 is 3.00. The third-order valence-electron chi connectivity index (χ3n) is 4.58. The van der Waals surface area contributed by atoms with Crippen molar-refractivity contribution in [2.45, 2.75) is 19.4 Å². The normalized spacial score (nSPS) is 13.0. The van der Waals surface area contributed by atoms with Crippen molar-refractivity contribution in [2.24, 2.45) is 0 Å². The van der Waals surface area contributed by atoms with Gasteiger partial charge in [-0.1, -0.05) is 6.07 Å². The fraction of sp³-hybridized carbons (Fsp3) is 0.158. The zero-order valence-electron chi connectivity index (χ0n) is 14.1. The number of rotatable bonds is 3. The third kappa shape index (κ3) is 2.87. The highest BCUT2D eigenvalue weighted by Crippen LogP contribution is 2.28. The monoisotopic (exact) mass is 394 g/mol. The lowest BCUT2D eigenvalue weighted by Gasteiger charge is -2.07. The Morgan fingerprint density at radius 3 is 2.96 bits per heavy atom. The van der Waals surface area contributed by atoms with Crippen molar-refractivity contribution in [1.29, 1.82) is 0 Å². The van der Waals surface area contributed by atoms with Gasteiger partial charge in [0.1, 0.15) is 5.82 Å². The van der Waals surface area contributed by atoms with Crippen LogP contribution in [0.1, 0.15) is 22.6 Å². The Bertz CT molecular complexity index is 1220. The summed E-state index contributed by atoms with van der Waals surface area (Å²) in [4.78, 5) is 35.3. The van der Waals surface area contributed by atoms with E-state index in [1.165, 1.54) is 11.3 Å². The van der Waals surface area contributed by atoms with E-state index in [0.717, 1.165) is 35.8 Å². The number of amides is 1. The lowest BCUT2D eigenvalue weighted by atomic mass is 10.1. The van der Waals surface area contributed by atoms with E-state index in [4.69, 9.17) is 0 Å². The number of benzene rings is 1. The predicted octanol–water partition coefficient (Wildman–Crippen LogP) is 3.78. The molecule has 0 radical (unpaired) electrons. The number of anilines is 1. The van der Waals surface area contributed by atoms with E-state index in [1.807, 2.05) is 22.9 Å². The first kappa shape index (κ1) is 16.3. The van der Waals surface area contributed by atoms with Crippen LogP contribution in [-0.2, 0) is 13.0 Å². The van der Waals surface area contributed by atoms with Crippen LogP contribution in [0.4, 0.5) is 5.13 Å². The summed E-state index contributed by atoms with van der Waals surface area (Å²) in [6.45, 7) is 0.718. The maximum atomic E-state index is 12.6. The molecule has 0 unspecified atom stereocenters. The van der Waals surface area contributed by atoms with Crippen LogP contribution in [0.5, 0.6) is 0 Å². The largest absolute Gasteiger partial charge is 0.298 e. The Morgan fingerprint density at radius 1 is 1.19 bits per heavy atom. The molecule has 3 aromatic heterocycles. The predicted molar refractivity (Wildman–Crippen MR) is 108 cm³/mol. The van der Waals surface area contributed by atoms with Crippen molar-refractivity contribution in [2.75, 3.05) is 5.32 Å². The van der Waals surface area contributed by atoms with Gasteiger partial charge in [0.05, 0.1) is 21.5 Å². The molecule has 1 N–H and O–H groups in total. The van der Waals surface area contributed by atoms with E-state index in [1.54, 1.807) is 34.1 Å². The van der Waals surface area contributed by atoms with Gasteiger partial charge in [-0.2, -0.15) is 0 Å². The minimum Gasteiger partial charge on any atom is -0.298 e. The molecule has 6 nitrogen and oxygen atoms in total. The number of nitrogens with zero attached hydrogens (tertiary/aromatic N) is 3. The molecule has 5 rings (SSSR count). The molecule has 0 fully saturated rings. The number of nitrogens with one attached hydrogen (secondary N) is 1. The molecule has 134 valence electrons. The first-order chi connectivity index (χ1) is 13.2. The quantitative estimate of drug-likeness (QED) is 0.574. The summed E-state index contributed by atoms with van der Waals surface area (Å²) in [6.07, 6.45) is 1.73. The first-order valence-corrected chi connectivity index (χ1v) is 10.3. The van der Waals surface area contributed by atoms with Crippen LogP contribution in [0.25, 0.3) is 21.5 Å². The second kappa shape index (κ2) is 6.40. The highest BCUT2D eigenvalue weighted by atomic mass is 32.1. The van der Waals surface area contributed by atoms with E-state index in [2.05, 4.69) is 15.3 Å². The number of hydrogen-bond acceptors (Lipinski definition) is 6. The van der Waals surface area contributed by atoms with Crippen LogP contribution in [0.2, 0.25) is 0 Å². The van der Waals surface area contributed by atoms with E-state index in [-0.39, 0.29) is 11.5 Å². The molecule has 4 aromatic rings. The number of thiophene rings is 1. The molecule has 27 heavy (non-hydrogen) atoms. The highest BCUT2D eigenvalue weighted by molar-refractivity contribution is 7.16. The molecule has 0 spiro atoms. The van der Waals surface area contributed by atoms with Gasteiger partial charge in [0.15, 0.2) is 5.13 Å². The van der Waals surface area contributed by atoms with Crippen LogP contribution in [0.3, 0.4) is 0 Å². The summed E-state index contributed by atoms with van der Waals surface area (Å²) in [6, 6.07) is 9.00. The summed E-state index contributed by atoms with van der Waals surface area (Å²) in [5, 5.41) is 7.85. The van der Waals surface area contributed by atoms with Crippen LogP contribution in [0.15, 0.2) is 45.9 Å². The molecule has 8 heteroatoms. The van der Waals surface area contributed by atoms with Gasteiger partial charge in [0.25, 0.3) is 11.5 Å². The number of thiazole rings is 1. The Labute approximate surface area is 162 Å². The number of aryl methyl sites for hydroxylation is 1. The molecule has 0 aliphatic carbocycles. The summed E-state index contributed by atoms with van der Waals surface area (Å²) in [5.41, 5.74) is 1.86. The van der Waals surface area contributed by atoms with Crippen molar-refractivity contribution < 1.29 is 4.79 Å². The zero-order chi connectivity index (χ0) is 18.4. The van der Waals surface area contributed by atoms with Crippen LogP contribution >= 0.6 is 22.7 Å². The molecule has 1 amide bonds. The number of hydrogen-bond donors (Lipinski definition) is 1. The fourth-order valence-electron chi connectivity index (χ4n) is 3.26. The molecule has 4 heterocycles. The van der Waals surface area contributed by atoms with Crippen LogP contribution in [-0.4, -0.2) is 20.4 Å². The number of carbonyl (C=O) groups excluding carboxylic acids is 1. The molecule has 0 saturated heterocycles. The lowest BCUT2D eigenvalue weighted by Crippen LogP contribution is -2.21. The Kier molecular flexibility index (Phi) is 3.87. The minimum absolute atomic E-state index is 0.0278. The standard InChI is InChI=1S/C19H14N4O2S2/c24-17(22-19-21-14(10-27-19)15-3-2-8-26-15)11-5-6-12-13(9-11)20-16-4-1-7-23(16)18(12)25/h2-3,5-6,8-10H,1,4,7H2,(H,21,22,24). The van der Waals surface area contributed by atoms with E-state index >= 15 is 0 Å². The van der Waals surface area contributed by atoms with Crippen molar-refractivity contribution >= 4 is 44.6 Å². The highest BCUT2D eigenvalue weighted by Gasteiger charge is 2.17. The van der Waals surface area contributed by atoms with Crippen molar-refractivity contribution in [3.05, 3.63) is 62.8 Å². The van der Waals surface area contributed by atoms with Gasteiger partial charge in [-0.25, -0.2) is 9.97 Å². The smallest absolute Gasteiger partial charge is 0.261 e. The van der Waals surface area contributed by atoms with Crippen molar-refractivity contribution in [1.82, 2.24) is 14.5 Å². The molecule has 1 aliphatic rings. The molecule has 0 bridgehead atoms. The zero-order valence-corrected chi connectivity index (χ0v) is 15.8. The maximum absolute atomic E-state index is 12.6. The number of aromatic nitrogens is 3. The molecular weight excluding hydrogens is 380 g/mol. The van der Waals surface area contributed by atoms with E-state index in [9.17, 15) is 9.59 Å². The van der Waals surface area contributed by atoms with Crippen molar-refractivity contribution in [3.8, 4) is 10.6 Å². The van der Waals surface area contributed by atoms with Gasteiger partial charge in [0, 0.05) is 23.9 Å². The van der Waals surface area contributed by atoms with E-state index < -0.39 is 0 Å². The summed E-state index contributed by atoms with van der Waals surface area (Å²) in [7, 11) is 0. The molecule has 1 aliphatic heterocycles. The average molecular weight is 394 g/mol. The second-order valence-corrected chi connectivity index (χ2v) is 8.10. The summed E-state index contributed by atoms with van der Waals surface area (Å²) < 4.78 is 1.73. The van der Waals surface area contributed by atoms with Gasteiger partial charge in [0.2, 0.25) is 0 Å². The lowest BCUT2D eigenvalue weighted by molar-refractivity contribution is 0.102. The Balaban J connectivity index is 1.44. The second-order valence-electron chi connectivity index (χ2n) is 6.29. The van der Waals surface area contributed by atoms with Gasteiger partial charge in [-0.15, -0.1) is 22.7 Å². The topological polar surface area (TPSA) is 76.9 Å². The number of carbonyl (C=O) groups is 1. The van der Waals surface area contributed by atoms with Crippen molar-refractivity contribution in [3.63, 3.8) is 0 Å². The van der Waals surface area contributed by atoms with Crippen LogP contribution in [0, 0.1) is 0 Å². The maximum Gasteiger partial charge on any atom is 0.261 e. The summed E-state index contributed by atoms with van der Waals surface area (Å²) in [5.74, 6) is 0.539. The van der Waals surface area contributed by atoms with Gasteiger partial charge >= 0.3 is 0 Å². The van der Waals surface area contributed by atoms with Crippen LogP contribution < -0.4 is 10.9 Å². The molecule has 0 saturated carbocycles. The molecule has 0 atom stereocenters. The third-order valence-corrected chi connectivity index (χ3v) is 6.23. The fourth-order valence-corrected chi connectivity index (χ4v) is 4.73. The minimum atomic E-state index is -0.258. The first-order valence-electron chi connectivity index (χ1n) is 8.53. The molecule has 1 aromatic carbocycles. The van der Waals surface area contributed by atoms with Gasteiger partial charge in [-0.3, -0.25) is 19.5 Å². The van der Waals surface area contributed by atoms with Gasteiger partial charge in [-0.05, 0) is 36.1 Å². The Morgan fingerprint density at radius 2 is 2.11 bits per heavy atom. The van der Waals surface area contributed by atoms with E-state index in [0.29, 0.717) is 21.6 Å². The number of fused-ring (bicyclic) bond motifs is 2. The average Bonchev–Trinajstić information content (AvgIpc) is 3.42. The Hall–Kier alpha value is -2.84. The van der Waals surface area contributed by atoms with Gasteiger partial charge < -0.3 is 0 Å². The SMILES string of the molecule is O=C(Nc1nc(-c2cccs2)cs1)c1ccc2c(=O)n3c(nc2c1)CCC3.